The lowest BCUT2D eigenvalue weighted by molar-refractivity contribution is 0.0672. The number of aryl methyl sites for hydroxylation is 2. The Bertz CT molecular complexity index is 473. The number of benzene rings is 1. The van der Waals surface area contributed by atoms with E-state index in [4.69, 9.17) is 10.5 Å². The number of nitrogens with zero attached hydrogens (tertiary/aromatic N) is 1. The fourth-order valence-corrected chi connectivity index (χ4v) is 2.42. The molecule has 1 fully saturated rings. The van der Waals surface area contributed by atoms with Crippen LogP contribution in [0.2, 0.25) is 0 Å². The van der Waals surface area contributed by atoms with E-state index < -0.39 is 5.60 Å². The first kappa shape index (κ1) is 12.9. The van der Waals surface area contributed by atoms with Crippen LogP contribution in [0.3, 0.4) is 0 Å². The Morgan fingerprint density at radius 3 is 2.78 bits per heavy atom. The van der Waals surface area contributed by atoms with Crippen LogP contribution in [0.5, 0.6) is 0 Å². The summed E-state index contributed by atoms with van der Waals surface area (Å²) in [5.74, 6) is 0. The first-order valence-corrected chi connectivity index (χ1v) is 6.23. The minimum absolute atomic E-state index is 0.280. The van der Waals surface area contributed by atoms with Crippen LogP contribution >= 0.6 is 0 Å². The molecule has 18 heavy (non-hydrogen) atoms. The topological polar surface area (TPSA) is 55.6 Å². The molecule has 0 spiro atoms. The van der Waals surface area contributed by atoms with E-state index in [1.54, 1.807) is 4.90 Å². The standard InChI is InChI=1S/C14H20N2O2/c1-10-4-5-12(11(2)8-10)16-9-14(3,6-7-15)18-13(16)17/h4-5,8H,6-7,9,15H2,1-3H3. The van der Waals surface area contributed by atoms with Gasteiger partial charge in [-0.15, -0.1) is 0 Å². The van der Waals surface area contributed by atoms with E-state index in [-0.39, 0.29) is 6.09 Å². The molecular weight excluding hydrogens is 228 g/mol. The molecule has 1 saturated heterocycles. The van der Waals surface area contributed by atoms with Crippen molar-refractivity contribution < 1.29 is 9.53 Å². The number of cyclic esters (lactones) is 1. The fraction of sp³-hybridized carbons (Fsp3) is 0.500. The minimum Gasteiger partial charge on any atom is -0.441 e. The summed E-state index contributed by atoms with van der Waals surface area (Å²) < 4.78 is 5.45. The average molecular weight is 248 g/mol. The first-order chi connectivity index (χ1) is 8.45. The number of anilines is 1. The predicted octanol–water partition coefficient (Wildman–Crippen LogP) is 2.37. The number of hydrogen-bond acceptors (Lipinski definition) is 3. The zero-order valence-electron chi connectivity index (χ0n) is 11.2. The van der Waals surface area contributed by atoms with E-state index in [2.05, 4.69) is 6.07 Å². The van der Waals surface area contributed by atoms with Crippen molar-refractivity contribution in [2.75, 3.05) is 18.0 Å². The van der Waals surface area contributed by atoms with Crippen molar-refractivity contribution in [1.82, 2.24) is 0 Å². The Kier molecular flexibility index (Phi) is 3.30. The van der Waals surface area contributed by atoms with Crippen LogP contribution in [-0.2, 0) is 4.74 Å². The van der Waals surface area contributed by atoms with E-state index in [0.29, 0.717) is 19.5 Å². The molecule has 0 aromatic heterocycles. The van der Waals surface area contributed by atoms with Crippen molar-refractivity contribution >= 4 is 11.8 Å². The molecule has 0 saturated carbocycles. The van der Waals surface area contributed by atoms with Crippen LogP contribution in [0.25, 0.3) is 0 Å². The second-order valence-electron chi connectivity index (χ2n) is 5.23. The monoisotopic (exact) mass is 248 g/mol. The molecule has 0 bridgehead atoms. The van der Waals surface area contributed by atoms with Crippen LogP contribution in [0.15, 0.2) is 18.2 Å². The van der Waals surface area contributed by atoms with Gasteiger partial charge in [0.05, 0.1) is 12.2 Å². The lowest BCUT2D eigenvalue weighted by Crippen LogP contribution is -2.33. The van der Waals surface area contributed by atoms with E-state index in [1.165, 1.54) is 5.56 Å². The van der Waals surface area contributed by atoms with Crippen molar-refractivity contribution in [1.29, 1.82) is 0 Å². The number of hydrogen-bond donors (Lipinski definition) is 1. The van der Waals surface area contributed by atoms with Gasteiger partial charge in [-0.2, -0.15) is 0 Å². The number of nitrogens with two attached hydrogens (primary N) is 1. The predicted molar refractivity (Wildman–Crippen MR) is 71.8 cm³/mol. The maximum Gasteiger partial charge on any atom is 0.415 e. The summed E-state index contributed by atoms with van der Waals surface area (Å²) in [6.07, 6.45) is 0.401. The summed E-state index contributed by atoms with van der Waals surface area (Å²) in [5, 5.41) is 0. The molecule has 2 rings (SSSR count). The van der Waals surface area contributed by atoms with Gasteiger partial charge < -0.3 is 10.5 Å². The first-order valence-electron chi connectivity index (χ1n) is 6.23. The van der Waals surface area contributed by atoms with Gasteiger partial charge >= 0.3 is 6.09 Å². The van der Waals surface area contributed by atoms with Crippen LogP contribution in [0.4, 0.5) is 10.5 Å². The number of carbonyl (C=O) groups excluding carboxylic acids is 1. The second-order valence-corrected chi connectivity index (χ2v) is 5.23. The molecule has 1 aliphatic heterocycles. The second kappa shape index (κ2) is 4.61. The van der Waals surface area contributed by atoms with Gasteiger partial charge in [0.2, 0.25) is 0 Å². The smallest absolute Gasteiger partial charge is 0.415 e. The van der Waals surface area contributed by atoms with E-state index in [0.717, 1.165) is 11.3 Å². The molecule has 1 atom stereocenters. The van der Waals surface area contributed by atoms with Gasteiger partial charge in [0, 0.05) is 6.42 Å². The summed E-state index contributed by atoms with van der Waals surface area (Å²) in [6, 6.07) is 6.05. The Morgan fingerprint density at radius 2 is 2.17 bits per heavy atom. The third-order valence-electron chi connectivity index (χ3n) is 3.36. The summed E-state index contributed by atoms with van der Waals surface area (Å²) in [6.45, 7) is 7.06. The molecule has 2 N–H and O–H groups in total. The van der Waals surface area contributed by atoms with Gasteiger partial charge in [0.25, 0.3) is 0 Å². The van der Waals surface area contributed by atoms with E-state index in [9.17, 15) is 4.79 Å². The molecule has 98 valence electrons. The Labute approximate surface area is 108 Å². The number of ether oxygens (including phenoxy) is 1. The summed E-state index contributed by atoms with van der Waals surface area (Å²) >= 11 is 0. The third kappa shape index (κ3) is 2.34. The molecule has 1 unspecified atom stereocenters. The molecule has 1 aliphatic rings. The van der Waals surface area contributed by atoms with Crippen LogP contribution in [-0.4, -0.2) is 24.8 Å². The largest absolute Gasteiger partial charge is 0.441 e. The van der Waals surface area contributed by atoms with Gasteiger partial charge in [-0.25, -0.2) is 4.79 Å². The number of carbonyl (C=O) groups is 1. The Morgan fingerprint density at radius 1 is 1.44 bits per heavy atom. The van der Waals surface area contributed by atoms with Gasteiger partial charge in [-0.05, 0) is 38.9 Å². The van der Waals surface area contributed by atoms with Crippen molar-refractivity contribution in [3.8, 4) is 0 Å². The Hall–Kier alpha value is -1.55. The quantitative estimate of drug-likeness (QED) is 0.893. The van der Waals surface area contributed by atoms with Crippen LogP contribution < -0.4 is 10.6 Å². The lowest BCUT2D eigenvalue weighted by Gasteiger charge is -2.21. The van der Waals surface area contributed by atoms with Crippen LogP contribution in [0.1, 0.15) is 24.5 Å². The summed E-state index contributed by atoms with van der Waals surface area (Å²) in [4.78, 5) is 13.7. The van der Waals surface area contributed by atoms with Crippen molar-refractivity contribution in [3.05, 3.63) is 29.3 Å². The minimum atomic E-state index is -0.469. The third-order valence-corrected chi connectivity index (χ3v) is 3.36. The SMILES string of the molecule is Cc1ccc(N2CC(C)(CCN)OC2=O)c(C)c1. The highest BCUT2D eigenvalue weighted by molar-refractivity contribution is 5.91. The number of rotatable bonds is 3. The van der Waals surface area contributed by atoms with Gasteiger partial charge in [-0.1, -0.05) is 17.7 Å². The summed E-state index contributed by atoms with van der Waals surface area (Å²) in [5.41, 5.74) is 8.29. The molecule has 1 aromatic carbocycles. The van der Waals surface area contributed by atoms with E-state index in [1.807, 2.05) is 32.9 Å². The van der Waals surface area contributed by atoms with Gasteiger partial charge in [0.1, 0.15) is 5.60 Å². The lowest BCUT2D eigenvalue weighted by atomic mass is 10.0. The highest BCUT2D eigenvalue weighted by Gasteiger charge is 2.41. The number of amides is 1. The molecule has 1 heterocycles. The van der Waals surface area contributed by atoms with Crippen LogP contribution in [0, 0.1) is 13.8 Å². The molecule has 0 radical (unpaired) electrons. The van der Waals surface area contributed by atoms with Crippen molar-refractivity contribution in [2.24, 2.45) is 5.73 Å². The van der Waals surface area contributed by atoms with Gasteiger partial charge in [0.15, 0.2) is 0 Å². The highest BCUT2D eigenvalue weighted by Crippen LogP contribution is 2.31. The molecular formula is C14H20N2O2. The molecule has 0 aliphatic carbocycles. The maximum atomic E-state index is 12.0. The summed E-state index contributed by atoms with van der Waals surface area (Å²) in [7, 11) is 0. The van der Waals surface area contributed by atoms with Crippen molar-refractivity contribution in [2.45, 2.75) is 32.8 Å². The Balaban J connectivity index is 2.27. The molecule has 1 aromatic rings. The zero-order chi connectivity index (χ0) is 13.3. The fourth-order valence-electron chi connectivity index (χ4n) is 2.42. The maximum absolute atomic E-state index is 12.0. The highest BCUT2D eigenvalue weighted by atomic mass is 16.6. The normalized spacial score (nSPS) is 23.3. The van der Waals surface area contributed by atoms with Gasteiger partial charge in [-0.3, -0.25) is 4.90 Å². The molecule has 4 heteroatoms. The average Bonchev–Trinajstić information content (AvgIpc) is 2.54. The molecule has 1 amide bonds. The van der Waals surface area contributed by atoms with E-state index >= 15 is 0 Å². The van der Waals surface area contributed by atoms with Crippen molar-refractivity contribution in [3.63, 3.8) is 0 Å². The zero-order valence-corrected chi connectivity index (χ0v) is 11.2. The molecule has 4 nitrogen and oxygen atoms in total.